The lowest BCUT2D eigenvalue weighted by molar-refractivity contribution is 0.199. The highest BCUT2D eigenvalue weighted by molar-refractivity contribution is 6.31. The van der Waals surface area contributed by atoms with Crippen LogP contribution in [0.3, 0.4) is 0 Å². The van der Waals surface area contributed by atoms with Gasteiger partial charge in [0, 0.05) is 24.8 Å². The number of hydrogen-bond acceptors (Lipinski definition) is 3. The first kappa shape index (κ1) is 13.8. The molecule has 0 spiro atoms. The molecule has 4 heteroatoms. The smallest absolute Gasteiger partial charge is 0.128 e. The Morgan fingerprint density at radius 3 is 2.74 bits per heavy atom. The normalized spacial score (nSPS) is 12.2. The molecule has 19 heavy (non-hydrogen) atoms. The number of rotatable bonds is 4. The fourth-order valence-electron chi connectivity index (χ4n) is 1.87. The standard InChI is InChI=1S/C15H17ClN2O/c1-11(19)12-7-8-17-15(9-12)18(2)10-13-5-3-4-6-14(13)16/h3-9,11,19H,10H2,1-2H3/t11-/m0/s1. The molecule has 0 radical (unpaired) electrons. The van der Waals surface area contributed by atoms with E-state index in [0.717, 1.165) is 22.0 Å². The van der Waals surface area contributed by atoms with Crippen molar-refractivity contribution in [2.24, 2.45) is 0 Å². The second kappa shape index (κ2) is 6.04. The monoisotopic (exact) mass is 276 g/mol. The van der Waals surface area contributed by atoms with Gasteiger partial charge in [0.1, 0.15) is 5.82 Å². The highest BCUT2D eigenvalue weighted by Crippen LogP contribution is 2.21. The second-order valence-corrected chi connectivity index (χ2v) is 4.98. The lowest BCUT2D eigenvalue weighted by atomic mass is 10.1. The van der Waals surface area contributed by atoms with Crippen LogP contribution in [0.4, 0.5) is 5.82 Å². The lowest BCUT2D eigenvalue weighted by Gasteiger charge is -2.20. The number of anilines is 1. The molecule has 1 aromatic carbocycles. The fourth-order valence-corrected chi connectivity index (χ4v) is 2.06. The van der Waals surface area contributed by atoms with Crippen LogP contribution < -0.4 is 4.90 Å². The minimum Gasteiger partial charge on any atom is -0.389 e. The van der Waals surface area contributed by atoms with Crippen molar-refractivity contribution in [2.45, 2.75) is 19.6 Å². The highest BCUT2D eigenvalue weighted by Gasteiger charge is 2.08. The summed E-state index contributed by atoms with van der Waals surface area (Å²) in [6, 6.07) is 11.5. The first-order valence-electron chi connectivity index (χ1n) is 6.16. The van der Waals surface area contributed by atoms with Crippen LogP contribution in [0.5, 0.6) is 0 Å². The zero-order valence-corrected chi connectivity index (χ0v) is 11.8. The summed E-state index contributed by atoms with van der Waals surface area (Å²) >= 11 is 6.15. The third-order valence-electron chi connectivity index (χ3n) is 3.01. The fraction of sp³-hybridized carbons (Fsp3) is 0.267. The van der Waals surface area contributed by atoms with Crippen LogP contribution in [-0.2, 0) is 6.54 Å². The zero-order chi connectivity index (χ0) is 13.8. The Hall–Kier alpha value is -1.58. The highest BCUT2D eigenvalue weighted by atomic mass is 35.5. The number of aliphatic hydroxyl groups excluding tert-OH is 1. The zero-order valence-electron chi connectivity index (χ0n) is 11.0. The Morgan fingerprint density at radius 1 is 1.32 bits per heavy atom. The van der Waals surface area contributed by atoms with Gasteiger partial charge in [-0.15, -0.1) is 0 Å². The van der Waals surface area contributed by atoms with Crippen molar-refractivity contribution in [1.29, 1.82) is 0 Å². The van der Waals surface area contributed by atoms with E-state index in [-0.39, 0.29) is 0 Å². The summed E-state index contributed by atoms with van der Waals surface area (Å²) in [5.74, 6) is 0.818. The number of aromatic nitrogens is 1. The molecule has 1 heterocycles. The van der Waals surface area contributed by atoms with Gasteiger partial charge in [-0.05, 0) is 36.2 Å². The summed E-state index contributed by atoms with van der Waals surface area (Å²) < 4.78 is 0. The molecule has 0 saturated heterocycles. The summed E-state index contributed by atoms with van der Waals surface area (Å²) in [5, 5.41) is 10.3. The van der Waals surface area contributed by atoms with Crippen molar-refractivity contribution in [1.82, 2.24) is 4.98 Å². The van der Waals surface area contributed by atoms with E-state index in [2.05, 4.69) is 4.98 Å². The van der Waals surface area contributed by atoms with Crippen molar-refractivity contribution in [2.75, 3.05) is 11.9 Å². The number of aliphatic hydroxyl groups is 1. The van der Waals surface area contributed by atoms with Gasteiger partial charge in [0.2, 0.25) is 0 Å². The molecule has 100 valence electrons. The third-order valence-corrected chi connectivity index (χ3v) is 3.38. The molecular formula is C15H17ClN2O. The van der Waals surface area contributed by atoms with Gasteiger partial charge in [-0.25, -0.2) is 4.98 Å². The Bertz CT molecular complexity index is 557. The van der Waals surface area contributed by atoms with E-state index in [0.29, 0.717) is 6.54 Å². The van der Waals surface area contributed by atoms with Crippen LogP contribution in [0.15, 0.2) is 42.6 Å². The van der Waals surface area contributed by atoms with Gasteiger partial charge in [-0.2, -0.15) is 0 Å². The molecule has 0 aliphatic carbocycles. The first-order chi connectivity index (χ1) is 9.08. The maximum atomic E-state index is 9.60. The lowest BCUT2D eigenvalue weighted by Crippen LogP contribution is -2.18. The van der Waals surface area contributed by atoms with Gasteiger partial charge < -0.3 is 10.0 Å². The first-order valence-corrected chi connectivity index (χ1v) is 6.54. The number of nitrogens with zero attached hydrogens (tertiary/aromatic N) is 2. The number of pyridine rings is 1. The Kier molecular flexibility index (Phi) is 4.40. The molecule has 1 aromatic heterocycles. The molecule has 1 atom stereocenters. The van der Waals surface area contributed by atoms with Crippen LogP contribution in [0.1, 0.15) is 24.2 Å². The van der Waals surface area contributed by atoms with E-state index in [1.807, 2.05) is 48.3 Å². The summed E-state index contributed by atoms with van der Waals surface area (Å²) in [4.78, 5) is 6.33. The molecule has 0 bridgehead atoms. The maximum absolute atomic E-state index is 9.60. The van der Waals surface area contributed by atoms with Crippen molar-refractivity contribution in [3.63, 3.8) is 0 Å². The van der Waals surface area contributed by atoms with E-state index in [9.17, 15) is 5.11 Å². The SMILES string of the molecule is C[C@H](O)c1ccnc(N(C)Cc2ccccc2Cl)c1. The topological polar surface area (TPSA) is 36.4 Å². The van der Waals surface area contributed by atoms with Gasteiger partial charge in [0.05, 0.1) is 6.10 Å². The number of halogens is 1. The molecule has 0 unspecified atom stereocenters. The van der Waals surface area contributed by atoms with E-state index in [4.69, 9.17) is 11.6 Å². The second-order valence-electron chi connectivity index (χ2n) is 4.57. The van der Waals surface area contributed by atoms with Crippen molar-refractivity contribution < 1.29 is 5.11 Å². The van der Waals surface area contributed by atoms with Crippen molar-refractivity contribution in [3.05, 3.63) is 58.7 Å². The Balaban J connectivity index is 2.18. The molecule has 0 saturated carbocycles. The molecular weight excluding hydrogens is 260 g/mol. The summed E-state index contributed by atoms with van der Waals surface area (Å²) in [7, 11) is 1.96. The molecule has 1 N–H and O–H groups in total. The minimum atomic E-state index is -0.490. The van der Waals surface area contributed by atoms with E-state index < -0.39 is 6.10 Å². The van der Waals surface area contributed by atoms with Crippen molar-refractivity contribution >= 4 is 17.4 Å². The predicted molar refractivity (Wildman–Crippen MR) is 78.4 cm³/mol. The molecule has 0 fully saturated rings. The third kappa shape index (κ3) is 3.46. The minimum absolute atomic E-state index is 0.490. The molecule has 2 aromatic rings. The van der Waals surface area contributed by atoms with Gasteiger partial charge in [-0.3, -0.25) is 0 Å². The van der Waals surface area contributed by atoms with Gasteiger partial charge in [0.25, 0.3) is 0 Å². The summed E-state index contributed by atoms with van der Waals surface area (Å²) in [6.45, 7) is 2.42. The van der Waals surface area contributed by atoms with Crippen LogP contribution in [0, 0.1) is 0 Å². The molecule has 2 rings (SSSR count). The van der Waals surface area contributed by atoms with Crippen LogP contribution in [-0.4, -0.2) is 17.1 Å². The van der Waals surface area contributed by atoms with Gasteiger partial charge >= 0.3 is 0 Å². The average molecular weight is 277 g/mol. The Morgan fingerprint density at radius 2 is 2.05 bits per heavy atom. The number of hydrogen-bond donors (Lipinski definition) is 1. The van der Waals surface area contributed by atoms with E-state index in [1.165, 1.54) is 0 Å². The molecule has 3 nitrogen and oxygen atoms in total. The van der Waals surface area contributed by atoms with Crippen LogP contribution in [0.25, 0.3) is 0 Å². The van der Waals surface area contributed by atoms with Crippen LogP contribution in [0.2, 0.25) is 5.02 Å². The summed E-state index contributed by atoms with van der Waals surface area (Å²) in [6.07, 6.45) is 1.22. The molecule has 0 amide bonds. The molecule has 0 aliphatic heterocycles. The van der Waals surface area contributed by atoms with Crippen LogP contribution >= 0.6 is 11.6 Å². The largest absolute Gasteiger partial charge is 0.389 e. The molecule has 0 aliphatic rings. The van der Waals surface area contributed by atoms with Crippen molar-refractivity contribution in [3.8, 4) is 0 Å². The predicted octanol–water partition coefficient (Wildman–Crippen LogP) is 3.42. The summed E-state index contributed by atoms with van der Waals surface area (Å²) in [5.41, 5.74) is 1.91. The van der Waals surface area contributed by atoms with Gasteiger partial charge in [-0.1, -0.05) is 29.8 Å². The maximum Gasteiger partial charge on any atom is 0.128 e. The average Bonchev–Trinajstić information content (AvgIpc) is 2.41. The Labute approximate surface area is 118 Å². The number of benzene rings is 1. The van der Waals surface area contributed by atoms with E-state index >= 15 is 0 Å². The quantitative estimate of drug-likeness (QED) is 0.929. The van der Waals surface area contributed by atoms with E-state index in [1.54, 1.807) is 13.1 Å². The van der Waals surface area contributed by atoms with Gasteiger partial charge in [0.15, 0.2) is 0 Å².